The number of hydrogen-bond acceptors (Lipinski definition) is 6. The van der Waals surface area contributed by atoms with Crippen LogP contribution >= 0.6 is 0 Å². The van der Waals surface area contributed by atoms with Crippen LogP contribution in [-0.2, 0) is 27.2 Å². The van der Waals surface area contributed by atoms with Gasteiger partial charge in [0.1, 0.15) is 11.5 Å². The zero-order valence-electron chi connectivity index (χ0n) is 26.7. The van der Waals surface area contributed by atoms with Crippen molar-refractivity contribution in [1.29, 1.82) is 0 Å². The van der Waals surface area contributed by atoms with Crippen molar-refractivity contribution in [3.8, 4) is 16.9 Å². The summed E-state index contributed by atoms with van der Waals surface area (Å²) in [5, 5.41) is 35.2. The van der Waals surface area contributed by atoms with Crippen molar-refractivity contribution in [2.75, 3.05) is 0 Å². The maximum Gasteiger partial charge on any atom is 0.206 e. The van der Waals surface area contributed by atoms with Crippen LogP contribution in [0.2, 0.25) is 0 Å². The molecule has 6 rings (SSSR count). The number of phenolic OH excluding ortho intramolecular Hbond substituents is 1. The molecular weight excluding hydrogens is 552 g/mol. The number of aromatic hydroxyl groups is 1. The van der Waals surface area contributed by atoms with Crippen LogP contribution in [0.1, 0.15) is 90.3 Å². The van der Waals surface area contributed by atoms with Gasteiger partial charge in [-0.3, -0.25) is 14.4 Å². The van der Waals surface area contributed by atoms with Crippen LogP contribution < -0.4 is 0 Å². The molecule has 6 heteroatoms. The largest absolute Gasteiger partial charge is 0.507 e. The number of hydrogen-bond donors (Lipinski definition) is 3. The third-order valence-electron chi connectivity index (χ3n) is 11.5. The lowest BCUT2D eigenvalue weighted by molar-refractivity contribution is -0.180. The van der Waals surface area contributed by atoms with Gasteiger partial charge in [-0.1, -0.05) is 89.3 Å². The molecule has 0 aromatic heterocycles. The summed E-state index contributed by atoms with van der Waals surface area (Å²) in [5.74, 6) is -2.60. The fourth-order valence-electron chi connectivity index (χ4n) is 9.89. The average Bonchev–Trinajstić information content (AvgIpc) is 3.44. The highest BCUT2D eigenvalue weighted by Crippen LogP contribution is 2.65. The van der Waals surface area contributed by atoms with Gasteiger partial charge >= 0.3 is 0 Å². The summed E-state index contributed by atoms with van der Waals surface area (Å²) in [6.07, 6.45) is 6.79. The van der Waals surface area contributed by atoms with Crippen molar-refractivity contribution in [2.45, 2.75) is 92.1 Å². The molecule has 0 aliphatic heterocycles. The van der Waals surface area contributed by atoms with E-state index < -0.39 is 45.5 Å². The van der Waals surface area contributed by atoms with Gasteiger partial charge < -0.3 is 15.3 Å². The second-order valence-electron chi connectivity index (χ2n) is 14.8. The minimum Gasteiger partial charge on any atom is -0.507 e. The smallest absolute Gasteiger partial charge is 0.206 e. The maximum atomic E-state index is 14.5. The third kappa shape index (κ3) is 4.13. The zero-order valence-corrected chi connectivity index (χ0v) is 26.7. The van der Waals surface area contributed by atoms with Crippen LogP contribution in [0.4, 0.5) is 0 Å². The Hall–Kier alpha value is -3.51. The predicted molar refractivity (Wildman–Crippen MR) is 170 cm³/mol. The van der Waals surface area contributed by atoms with Crippen LogP contribution in [0.25, 0.3) is 16.9 Å². The van der Waals surface area contributed by atoms with Crippen molar-refractivity contribution in [3.05, 3.63) is 69.8 Å². The molecule has 0 unspecified atom stereocenters. The maximum absolute atomic E-state index is 14.5. The van der Waals surface area contributed by atoms with Gasteiger partial charge in [-0.2, -0.15) is 0 Å². The molecule has 0 radical (unpaired) electrons. The molecule has 2 fully saturated rings. The summed E-state index contributed by atoms with van der Waals surface area (Å²) in [6, 6.07) is 11.9. The van der Waals surface area contributed by atoms with E-state index in [9.17, 15) is 29.7 Å². The van der Waals surface area contributed by atoms with Crippen molar-refractivity contribution in [1.82, 2.24) is 0 Å². The molecule has 4 atom stereocenters. The standard InChI is InChI=1S/C38H44O6/c1-20(2)31-21(3)29(22(4)39)34(42)38(44)35(43)32-33(41)30-27(18-36(32,5)19-37(31,38)6)26(15-16-28(30)40)25-13-11-24(12-14-25)17-23-9-7-8-10-23/h11-16,20,23,31,40-41,44H,7-10,17-19H2,1-6H3/t31-,36+,37+,38-/m1/s1. The van der Waals surface area contributed by atoms with Crippen LogP contribution in [-0.4, -0.2) is 38.3 Å². The molecule has 2 saturated carbocycles. The summed E-state index contributed by atoms with van der Waals surface area (Å²) in [7, 11) is 0. The first-order valence-corrected chi connectivity index (χ1v) is 16.1. The molecule has 232 valence electrons. The Bertz CT molecular complexity index is 1650. The second kappa shape index (κ2) is 10.3. The lowest BCUT2D eigenvalue weighted by Crippen LogP contribution is -2.70. The van der Waals surface area contributed by atoms with Crippen LogP contribution in [0.3, 0.4) is 0 Å². The monoisotopic (exact) mass is 596 g/mol. The van der Waals surface area contributed by atoms with E-state index in [0.29, 0.717) is 12.0 Å². The summed E-state index contributed by atoms with van der Waals surface area (Å²) < 4.78 is 0. The number of aliphatic hydroxyl groups excluding tert-OH is 1. The number of ketones is 3. The molecule has 2 aromatic carbocycles. The highest BCUT2D eigenvalue weighted by Gasteiger charge is 2.72. The first kappa shape index (κ1) is 30.5. The molecule has 0 heterocycles. The molecule has 6 nitrogen and oxygen atoms in total. The number of benzene rings is 2. The SMILES string of the molecule is CC(=O)C1=C(C)[C@@H](C(C)C)[C@]2(C)C[C@]3(C)Cc4c(-c5ccc(CC6CCCC6)cc5)ccc(O)c4C(O)=C3C(=O)[C@]2(O)C1=O. The number of carbonyl (C=O) groups excluding carboxylic acids is 3. The van der Waals surface area contributed by atoms with Gasteiger partial charge in [-0.05, 0) is 79.2 Å². The Morgan fingerprint density at radius 3 is 2.20 bits per heavy atom. The topological polar surface area (TPSA) is 112 Å². The average molecular weight is 597 g/mol. The first-order valence-electron chi connectivity index (χ1n) is 16.1. The molecule has 0 amide bonds. The van der Waals surface area contributed by atoms with E-state index in [-0.39, 0.29) is 34.8 Å². The molecule has 3 N–H and O–H groups in total. The normalized spacial score (nSPS) is 30.5. The number of aliphatic hydroxyl groups is 2. The second-order valence-corrected chi connectivity index (χ2v) is 14.8. The van der Waals surface area contributed by atoms with Crippen molar-refractivity contribution >= 4 is 23.1 Å². The number of phenols is 1. The van der Waals surface area contributed by atoms with Gasteiger partial charge in [0.25, 0.3) is 0 Å². The van der Waals surface area contributed by atoms with Gasteiger partial charge in [-0.15, -0.1) is 0 Å². The Labute approximate surface area is 259 Å². The lowest BCUT2D eigenvalue weighted by atomic mass is 9.42. The minimum atomic E-state index is -2.52. The van der Waals surface area contributed by atoms with Crippen molar-refractivity contribution in [2.24, 2.45) is 28.6 Å². The Balaban J connectivity index is 1.50. The molecular formula is C38H44O6. The predicted octanol–water partition coefficient (Wildman–Crippen LogP) is 7.09. The molecule has 44 heavy (non-hydrogen) atoms. The van der Waals surface area contributed by atoms with Crippen LogP contribution in [0.5, 0.6) is 5.75 Å². The van der Waals surface area contributed by atoms with E-state index >= 15 is 0 Å². The fourth-order valence-corrected chi connectivity index (χ4v) is 9.89. The molecule has 0 saturated heterocycles. The quantitative estimate of drug-likeness (QED) is 0.251. The van der Waals surface area contributed by atoms with E-state index in [1.807, 2.05) is 26.8 Å². The van der Waals surface area contributed by atoms with E-state index in [1.165, 1.54) is 44.2 Å². The van der Waals surface area contributed by atoms with Crippen LogP contribution in [0.15, 0.2) is 53.1 Å². The third-order valence-corrected chi connectivity index (χ3v) is 11.5. The number of fused-ring (bicyclic) bond motifs is 3. The van der Waals surface area contributed by atoms with Gasteiger partial charge in [0.05, 0.1) is 11.1 Å². The molecule has 2 aromatic rings. The highest BCUT2D eigenvalue weighted by atomic mass is 16.3. The van der Waals surface area contributed by atoms with Crippen molar-refractivity contribution in [3.63, 3.8) is 0 Å². The van der Waals surface area contributed by atoms with E-state index in [0.717, 1.165) is 29.0 Å². The summed E-state index contributed by atoms with van der Waals surface area (Å²) >= 11 is 0. The number of allylic oxidation sites excluding steroid dienone is 1. The first-order chi connectivity index (χ1) is 20.7. The Morgan fingerprint density at radius 2 is 1.61 bits per heavy atom. The van der Waals surface area contributed by atoms with Crippen molar-refractivity contribution < 1.29 is 29.7 Å². The van der Waals surface area contributed by atoms with E-state index in [2.05, 4.69) is 24.3 Å². The lowest BCUT2D eigenvalue weighted by Gasteiger charge is -2.60. The minimum absolute atomic E-state index is 0.0531. The molecule has 0 bridgehead atoms. The summed E-state index contributed by atoms with van der Waals surface area (Å²) in [5.41, 5.74) is -0.257. The summed E-state index contributed by atoms with van der Waals surface area (Å²) in [4.78, 5) is 41.2. The highest BCUT2D eigenvalue weighted by molar-refractivity contribution is 6.33. The number of rotatable bonds is 5. The molecule has 0 spiro atoms. The Kier molecular flexibility index (Phi) is 7.12. The number of Topliss-reactive ketones (excluding diaryl/α,β-unsaturated/α-hetero) is 3. The molecule has 4 aliphatic carbocycles. The summed E-state index contributed by atoms with van der Waals surface area (Å²) in [6.45, 7) is 10.7. The molecule has 4 aliphatic rings. The Morgan fingerprint density at radius 1 is 0.977 bits per heavy atom. The van der Waals surface area contributed by atoms with Gasteiger partial charge in [-0.25, -0.2) is 0 Å². The van der Waals surface area contributed by atoms with Gasteiger partial charge in [0.15, 0.2) is 11.4 Å². The number of carbonyl (C=O) groups is 3. The van der Waals surface area contributed by atoms with Crippen LogP contribution in [0, 0.1) is 28.6 Å². The van der Waals surface area contributed by atoms with E-state index in [1.54, 1.807) is 13.8 Å². The van der Waals surface area contributed by atoms with Gasteiger partial charge in [0.2, 0.25) is 11.6 Å². The fraction of sp³-hybridized carbons (Fsp3) is 0.500. The van der Waals surface area contributed by atoms with Gasteiger partial charge in [0, 0.05) is 16.4 Å². The van der Waals surface area contributed by atoms with E-state index in [4.69, 9.17) is 0 Å². The zero-order chi connectivity index (χ0) is 31.9.